The van der Waals surface area contributed by atoms with Crippen LogP contribution in [0.25, 0.3) is 0 Å². The number of guanidine groups is 1. The van der Waals surface area contributed by atoms with Crippen molar-refractivity contribution in [2.24, 2.45) is 10.9 Å². The van der Waals surface area contributed by atoms with Crippen molar-refractivity contribution in [2.75, 3.05) is 39.3 Å². The van der Waals surface area contributed by atoms with Crippen LogP contribution in [0.4, 0.5) is 0 Å². The monoisotopic (exact) mass is 478 g/mol. The minimum Gasteiger partial charge on any atom is -0.466 e. The maximum atomic E-state index is 10.5. The van der Waals surface area contributed by atoms with Gasteiger partial charge in [-0.25, -0.2) is 4.99 Å². The summed E-state index contributed by atoms with van der Waals surface area (Å²) in [5.41, 5.74) is -1.10. The SMILES string of the molecule is CCNC(=NCC(C)(O)c1ccco1)NCCC1CCN(CC)CC1.I. The van der Waals surface area contributed by atoms with E-state index in [0.717, 1.165) is 37.9 Å². The van der Waals surface area contributed by atoms with E-state index in [9.17, 15) is 5.11 Å². The summed E-state index contributed by atoms with van der Waals surface area (Å²) in [6.45, 7) is 11.6. The zero-order chi connectivity index (χ0) is 18.1. The number of hydrogen-bond acceptors (Lipinski definition) is 4. The van der Waals surface area contributed by atoms with E-state index in [1.54, 1.807) is 25.3 Å². The molecule has 1 aliphatic rings. The molecule has 2 heterocycles. The molecular formula is C19H35IN4O2. The van der Waals surface area contributed by atoms with Crippen LogP contribution >= 0.6 is 24.0 Å². The summed E-state index contributed by atoms with van der Waals surface area (Å²) in [6, 6.07) is 3.55. The van der Waals surface area contributed by atoms with E-state index in [4.69, 9.17) is 4.42 Å². The number of hydrogen-bond donors (Lipinski definition) is 3. The van der Waals surface area contributed by atoms with Gasteiger partial charge in [0, 0.05) is 13.1 Å². The Morgan fingerprint density at radius 2 is 2.08 bits per heavy atom. The van der Waals surface area contributed by atoms with Crippen molar-refractivity contribution in [1.29, 1.82) is 0 Å². The van der Waals surface area contributed by atoms with Gasteiger partial charge in [-0.3, -0.25) is 0 Å². The Balaban J connectivity index is 0.00000338. The number of aliphatic imine (C=N–C) groups is 1. The van der Waals surface area contributed by atoms with Gasteiger partial charge in [-0.2, -0.15) is 0 Å². The van der Waals surface area contributed by atoms with Gasteiger partial charge in [-0.15, -0.1) is 24.0 Å². The molecule has 2 rings (SSSR count). The van der Waals surface area contributed by atoms with Crippen LogP contribution < -0.4 is 10.6 Å². The molecular weight excluding hydrogens is 443 g/mol. The molecule has 0 aliphatic carbocycles. The highest BCUT2D eigenvalue weighted by molar-refractivity contribution is 14.0. The molecule has 0 radical (unpaired) electrons. The summed E-state index contributed by atoms with van der Waals surface area (Å²) in [4.78, 5) is 7.05. The first-order valence-electron chi connectivity index (χ1n) is 9.56. The molecule has 0 spiro atoms. The quantitative estimate of drug-likeness (QED) is 0.305. The Morgan fingerprint density at radius 3 is 2.65 bits per heavy atom. The first-order chi connectivity index (χ1) is 12.0. The molecule has 150 valence electrons. The van der Waals surface area contributed by atoms with Gasteiger partial charge in [0.15, 0.2) is 5.96 Å². The van der Waals surface area contributed by atoms with Crippen molar-refractivity contribution < 1.29 is 9.52 Å². The Kier molecular flexibility index (Phi) is 10.6. The molecule has 1 unspecified atom stereocenters. The van der Waals surface area contributed by atoms with Crippen LogP contribution in [0, 0.1) is 5.92 Å². The summed E-state index contributed by atoms with van der Waals surface area (Å²) in [5.74, 6) is 2.08. The van der Waals surface area contributed by atoms with Crippen LogP contribution in [0.1, 0.15) is 45.8 Å². The van der Waals surface area contributed by atoms with Gasteiger partial charge < -0.3 is 25.1 Å². The van der Waals surface area contributed by atoms with Crippen molar-refractivity contribution in [1.82, 2.24) is 15.5 Å². The lowest BCUT2D eigenvalue weighted by molar-refractivity contribution is 0.0437. The normalized spacial score (nSPS) is 18.8. The van der Waals surface area contributed by atoms with Gasteiger partial charge in [0.25, 0.3) is 0 Å². The fourth-order valence-electron chi connectivity index (χ4n) is 3.22. The number of halogens is 1. The number of nitrogens with one attached hydrogen (secondary N) is 2. The standard InChI is InChI=1S/C19H34N4O2.HI/c1-4-20-18(22-15-19(3,24)17-7-6-14-25-17)21-11-8-16-9-12-23(5-2)13-10-16;/h6-7,14,16,24H,4-5,8-13,15H2,1-3H3,(H2,20,21,22);1H. The highest BCUT2D eigenvalue weighted by Gasteiger charge is 2.26. The lowest BCUT2D eigenvalue weighted by Crippen LogP contribution is -2.40. The summed E-state index contributed by atoms with van der Waals surface area (Å²) >= 11 is 0. The molecule has 0 saturated carbocycles. The average molecular weight is 478 g/mol. The van der Waals surface area contributed by atoms with Gasteiger partial charge in [0.05, 0.1) is 12.8 Å². The maximum Gasteiger partial charge on any atom is 0.191 e. The second-order valence-electron chi connectivity index (χ2n) is 7.04. The summed E-state index contributed by atoms with van der Waals surface area (Å²) in [5, 5.41) is 17.1. The van der Waals surface area contributed by atoms with E-state index in [0.29, 0.717) is 5.76 Å². The van der Waals surface area contributed by atoms with E-state index in [1.807, 2.05) is 6.92 Å². The Hall–Kier alpha value is -0.800. The van der Waals surface area contributed by atoms with Crippen LogP contribution in [0.3, 0.4) is 0 Å². The first-order valence-corrected chi connectivity index (χ1v) is 9.56. The molecule has 7 heteroatoms. The fraction of sp³-hybridized carbons (Fsp3) is 0.737. The molecule has 1 saturated heterocycles. The summed E-state index contributed by atoms with van der Waals surface area (Å²) < 4.78 is 5.30. The molecule has 3 N–H and O–H groups in total. The van der Waals surface area contributed by atoms with Crippen LogP contribution in [0.2, 0.25) is 0 Å². The number of piperidine rings is 1. The van der Waals surface area contributed by atoms with Crippen molar-refractivity contribution >= 4 is 29.9 Å². The first kappa shape index (κ1) is 23.2. The van der Waals surface area contributed by atoms with Crippen molar-refractivity contribution in [3.05, 3.63) is 24.2 Å². The molecule has 0 bridgehead atoms. The van der Waals surface area contributed by atoms with Crippen LogP contribution in [-0.2, 0) is 5.60 Å². The summed E-state index contributed by atoms with van der Waals surface area (Å²) in [7, 11) is 0. The number of rotatable bonds is 8. The third kappa shape index (κ3) is 7.44. The lowest BCUT2D eigenvalue weighted by Gasteiger charge is -2.31. The average Bonchev–Trinajstić information content (AvgIpc) is 3.16. The minimum absolute atomic E-state index is 0. The second kappa shape index (κ2) is 11.8. The third-order valence-electron chi connectivity index (χ3n) is 4.94. The summed E-state index contributed by atoms with van der Waals surface area (Å²) in [6.07, 6.45) is 5.31. The highest BCUT2D eigenvalue weighted by atomic mass is 127. The van der Waals surface area contributed by atoms with E-state index in [1.165, 1.54) is 25.9 Å². The Bertz CT molecular complexity index is 512. The van der Waals surface area contributed by atoms with E-state index < -0.39 is 5.60 Å². The molecule has 1 aromatic heterocycles. The molecule has 0 aromatic carbocycles. The molecule has 1 aliphatic heterocycles. The van der Waals surface area contributed by atoms with Gasteiger partial charge >= 0.3 is 0 Å². The van der Waals surface area contributed by atoms with Gasteiger partial charge in [0.1, 0.15) is 11.4 Å². The molecule has 6 nitrogen and oxygen atoms in total. The third-order valence-corrected chi connectivity index (χ3v) is 4.94. The topological polar surface area (TPSA) is 73.0 Å². The predicted octanol–water partition coefficient (Wildman–Crippen LogP) is 2.78. The molecule has 1 fully saturated rings. The number of nitrogens with zero attached hydrogens (tertiary/aromatic N) is 2. The van der Waals surface area contributed by atoms with Crippen LogP contribution in [0.5, 0.6) is 0 Å². The van der Waals surface area contributed by atoms with Crippen molar-refractivity contribution in [2.45, 2.75) is 45.6 Å². The van der Waals surface area contributed by atoms with Gasteiger partial charge in [0.2, 0.25) is 0 Å². The molecule has 26 heavy (non-hydrogen) atoms. The zero-order valence-corrected chi connectivity index (χ0v) is 18.7. The van der Waals surface area contributed by atoms with E-state index >= 15 is 0 Å². The van der Waals surface area contributed by atoms with Crippen LogP contribution in [-0.4, -0.2) is 55.2 Å². The van der Waals surface area contributed by atoms with Crippen molar-refractivity contribution in [3.8, 4) is 0 Å². The Morgan fingerprint density at radius 1 is 1.35 bits per heavy atom. The predicted molar refractivity (Wildman–Crippen MR) is 117 cm³/mol. The molecule has 0 amide bonds. The van der Waals surface area contributed by atoms with Crippen molar-refractivity contribution in [3.63, 3.8) is 0 Å². The van der Waals surface area contributed by atoms with Gasteiger partial charge in [-0.1, -0.05) is 6.92 Å². The molecule has 1 atom stereocenters. The number of furan rings is 1. The van der Waals surface area contributed by atoms with E-state index in [2.05, 4.69) is 27.4 Å². The fourth-order valence-corrected chi connectivity index (χ4v) is 3.22. The second-order valence-corrected chi connectivity index (χ2v) is 7.04. The smallest absolute Gasteiger partial charge is 0.191 e. The van der Waals surface area contributed by atoms with Crippen LogP contribution in [0.15, 0.2) is 27.8 Å². The number of likely N-dealkylation sites (tertiary alicyclic amines) is 1. The highest BCUT2D eigenvalue weighted by Crippen LogP contribution is 2.21. The minimum atomic E-state index is -1.10. The zero-order valence-electron chi connectivity index (χ0n) is 16.3. The van der Waals surface area contributed by atoms with Gasteiger partial charge in [-0.05, 0) is 70.8 Å². The van der Waals surface area contributed by atoms with E-state index in [-0.39, 0.29) is 30.5 Å². The Labute approximate surface area is 174 Å². The number of aliphatic hydroxyl groups is 1. The largest absolute Gasteiger partial charge is 0.466 e. The lowest BCUT2D eigenvalue weighted by atomic mass is 9.93. The maximum absolute atomic E-state index is 10.5. The molecule has 1 aromatic rings.